The van der Waals surface area contributed by atoms with Crippen LogP contribution in [0.5, 0.6) is 0 Å². The molecular formula is C23H26ClN5O2S. The van der Waals surface area contributed by atoms with E-state index in [1.165, 1.54) is 17.3 Å². The van der Waals surface area contributed by atoms with Crippen LogP contribution in [-0.2, 0) is 22.6 Å². The minimum atomic E-state index is -0.172. The van der Waals surface area contributed by atoms with Gasteiger partial charge in [0.2, 0.25) is 11.8 Å². The summed E-state index contributed by atoms with van der Waals surface area (Å²) in [5.41, 5.74) is 4.63. The number of benzene rings is 2. The second kappa shape index (κ2) is 10.7. The third kappa shape index (κ3) is 6.11. The van der Waals surface area contributed by atoms with Crippen LogP contribution >= 0.6 is 23.4 Å². The zero-order valence-corrected chi connectivity index (χ0v) is 20.1. The first-order chi connectivity index (χ1) is 15.3. The van der Waals surface area contributed by atoms with Crippen LogP contribution in [0.4, 0.5) is 11.4 Å². The Morgan fingerprint density at radius 2 is 1.59 bits per heavy atom. The molecule has 0 fully saturated rings. The number of amides is 2. The predicted molar refractivity (Wildman–Crippen MR) is 129 cm³/mol. The molecule has 3 rings (SSSR count). The minimum Gasteiger partial charge on any atom is -0.326 e. The van der Waals surface area contributed by atoms with E-state index in [4.69, 9.17) is 11.6 Å². The Hall–Kier alpha value is -2.84. The lowest BCUT2D eigenvalue weighted by atomic mass is 10.1. The van der Waals surface area contributed by atoms with Crippen LogP contribution in [0.3, 0.4) is 0 Å². The van der Waals surface area contributed by atoms with Gasteiger partial charge in [-0.05, 0) is 68.7 Å². The Labute approximate surface area is 197 Å². The molecule has 0 saturated carbocycles. The molecule has 0 saturated heterocycles. The molecule has 2 N–H and O–H groups in total. The minimum absolute atomic E-state index is 0.0996. The number of anilines is 2. The van der Waals surface area contributed by atoms with Gasteiger partial charge >= 0.3 is 0 Å². The van der Waals surface area contributed by atoms with Gasteiger partial charge in [-0.25, -0.2) is 0 Å². The summed E-state index contributed by atoms with van der Waals surface area (Å²) < 4.78 is 1.85. The van der Waals surface area contributed by atoms with E-state index >= 15 is 0 Å². The Kier molecular flexibility index (Phi) is 7.93. The van der Waals surface area contributed by atoms with Crippen molar-refractivity contribution in [3.05, 3.63) is 63.9 Å². The molecule has 1 heterocycles. The Balaban J connectivity index is 1.58. The van der Waals surface area contributed by atoms with Crippen LogP contribution in [0.2, 0.25) is 5.02 Å². The Morgan fingerprint density at radius 3 is 2.25 bits per heavy atom. The first-order valence-electron chi connectivity index (χ1n) is 10.2. The lowest BCUT2D eigenvalue weighted by Gasteiger charge is -2.09. The highest BCUT2D eigenvalue weighted by molar-refractivity contribution is 7.99. The number of thioether (sulfide) groups is 1. The molecule has 0 atom stereocenters. The van der Waals surface area contributed by atoms with Crippen molar-refractivity contribution in [1.82, 2.24) is 14.8 Å². The van der Waals surface area contributed by atoms with Crippen molar-refractivity contribution < 1.29 is 9.59 Å². The van der Waals surface area contributed by atoms with Gasteiger partial charge in [-0.1, -0.05) is 35.5 Å². The van der Waals surface area contributed by atoms with E-state index in [1.807, 2.05) is 62.6 Å². The summed E-state index contributed by atoms with van der Waals surface area (Å²) in [6.45, 7) is 8.48. The lowest BCUT2D eigenvalue weighted by Crippen LogP contribution is -2.18. The monoisotopic (exact) mass is 471 g/mol. The van der Waals surface area contributed by atoms with Crippen molar-refractivity contribution >= 4 is 46.6 Å². The third-order valence-corrected chi connectivity index (χ3v) is 6.38. The summed E-state index contributed by atoms with van der Waals surface area (Å²) >= 11 is 7.38. The fourth-order valence-corrected chi connectivity index (χ4v) is 4.04. The molecule has 9 heteroatoms. The highest BCUT2D eigenvalue weighted by Gasteiger charge is 2.16. The molecule has 3 aromatic rings. The lowest BCUT2D eigenvalue weighted by molar-refractivity contribution is -0.116. The third-order valence-electron chi connectivity index (χ3n) is 5.01. The molecule has 1 aromatic heterocycles. The van der Waals surface area contributed by atoms with Crippen LogP contribution in [0.25, 0.3) is 0 Å². The van der Waals surface area contributed by atoms with Gasteiger partial charge in [-0.15, -0.1) is 10.2 Å². The van der Waals surface area contributed by atoms with Gasteiger partial charge in [-0.2, -0.15) is 0 Å². The Bertz CT molecular complexity index is 1150. The topological polar surface area (TPSA) is 88.9 Å². The van der Waals surface area contributed by atoms with Gasteiger partial charge in [0.25, 0.3) is 0 Å². The van der Waals surface area contributed by atoms with Crippen LogP contribution in [0, 0.1) is 20.8 Å². The average Bonchev–Trinajstić information content (AvgIpc) is 3.13. The maximum atomic E-state index is 12.5. The number of hydrogen-bond acceptors (Lipinski definition) is 5. The van der Waals surface area contributed by atoms with Gasteiger partial charge in [-0.3, -0.25) is 9.59 Å². The maximum Gasteiger partial charge on any atom is 0.234 e. The summed E-state index contributed by atoms with van der Waals surface area (Å²) in [5, 5.41) is 15.3. The highest BCUT2D eigenvalue weighted by atomic mass is 35.5. The number of nitrogens with one attached hydrogen (secondary N) is 2. The number of rotatable bonds is 8. The Morgan fingerprint density at radius 1 is 0.938 bits per heavy atom. The second-order valence-corrected chi connectivity index (χ2v) is 8.82. The molecule has 168 valence electrons. The smallest absolute Gasteiger partial charge is 0.234 e. The number of carbonyl (C=O) groups excluding carboxylic acids is 2. The van der Waals surface area contributed by atoms with Crippen LogP contribution in [0.15, 0.2) is 41.6 Å². The van der Waals surface area contributed by atoms with E-state index in [-0.39, 0.29) is 24.0 Å². The van der Waals surface area contributed by atoms with E-state index in [1.54, 1.807) is 6.07 Å². The molecule has 32 heavy (non-hydrogen) atoms. The van der Waals surface area contributed by atoms with E-state index in [2.05, 4.69) is 20.8 Å². The number of halogens is 1. The van der Waals surface area contributed by atoms with Crippen LogP contribution < -0.4 is 10.6 Å². The molecule has 0 bridgehead atoms. The van der Waals surface area contributed by atoms with Crippen molar-refractivity contribution in [3.8, 4) is 0 Å². The summed E-state index contributed by atoms with van der Waals surface area (Å²) in [5.74, 6) is 0.385. The van der Waals surface area contributed by atoms with Crippen molar-refractivity contribution in [1.29, 1.82) is 0 Å². The van der Waals surface area contributed by atoms with Crippen molar-refractivity contribution in [3.63, 3.8) is 0 Å². The molecule has 0 aliphatic rings. The normalized spacial score (nSPS) is 10.8. The number of aryl methyl sites for hydroxylation is 3. The van der Waals surface area contributed by atoms with Crippen LogP contribution in [-0.4, -0.2) is 32.3 Å². The molecular weight excluding hydrogens is 446 g/mol. The van der Waals surface area contributed by atoms with E-state index in [9.17, 15) is 9.59 Å². The summed E-state index contributed by atoms with van der Waals surface area (Å²) in [6, 6.07) is 11.2. The molecule has 0 aliphatic carbocycles. The maximum absolute atomic E-state index is 12.5. The summed E-state index contributed by atoms with van der Waals surface area (Å²) in [7, 11) is 0. The van der Waals surface area contributed by atoms with Gasteiger partial charge < -0.3 is 15.2 Å². The highest BCUT2D eigenvalue weighted by Crippen LogP contribution is 2.22. The van der Waals surface area contributed by atoms with Gasteiger partial charge in [0.1, 0.15) is 5.82 Å². The second-order valence-electron chi connectivity index (χ2n) is 7.47. The first kappa shape index (κ1) is 23.8. The van der Waals surface area contributed by atoms with E-state index in [0.29, 0.717) is 28.2 Å². The summed E-state index contributed by atoms with van der Waals surface area (Å²) in [4.78, 5) is 24.8. The fourth-order valence-electron chi connectivity index (χ4n) is 3.04. The molecule has 7 nitrogen and oxygen atoms in total. The predicted octanol–water partition coefficient (Wildman–Crippen LogP) is 4.79. The zero-order valence-electron chi connectivity index (χ0n) is 18.5. The van der Waals surface area contributed by atoms with E-state index in [0.717, 1.165) is 16.8 Å². The van der Waals surface area contributed by atoms with Crippen molar-refractivity contribution in [2.75, 3.05) is 16.4 Å². The average molecular weight is 472 g/mol. The first-order valence-corrected chi connectivity index (χ1v) is 11.6. The molecule has 0 radical (unpaired) electrons. The SMILES string of the molecule is CCn1c(CC(=O)Nc2ccc(C)c(C)c2)nnc1SCC(=O)Nc1ccc(C)c(Cl)c1. The van der Waals surface area contributed by atoms with Gasteiger partial charge in [0, 0.05) is 22.9 Å². The molecule has 0 spiro atoms. The fraction of sp³-hybridized carbons (Fsp3) is 0.304. The zero-order chi connectivity index (χ0) is 23.3. The van der Waals surface area contributed by atoms with Crippen molar-refractivity contribution in [2.24, 2.45) is 0 Å². The van der Waals surface area contributed by atoms with Gasteiger partial charge in [0.15, 0.2) is 5.16 Å². The van der Waals surface area contributed by atoms with E-state index < -0.39 is 0 Å². The number of carbonyl (C=O) groups is 2. The standard InChI is InChI=1S/C23H26ClN5O2S/c1-5-29-20(12-21(30)25-17-8-6-14(2)16(4)10-17)27-28-23(29)32-13-22(31)26-18-9-7-15(3)19(24)11-18/h6-11H,5,12-13H2,1-4H3,(H,25,30)(H,26,31). The number of nitrogens with zero attached hydrogens (tertiary/aromatic N) is 3. The number of hydrogen-bond donors (Lipinski definition) is 2. The largest absolute Gasteiger partial charge is 0.326 e. The molecule has 2 amide bonds. The van der Waals surface area contributed by atoms with Gasteiger partial charge in [0.05, 0.1) is 12.2 Å². The number of aromatic nitrogens is 3. The molecule has 0 unspecified atom stereocenters. The van der Waals surface area contributed by atoms with Crippen LogP contribution in [0.1, 0.15) is 29.4 Å². The summed E-state index contributed by atoms with van der Waals surface area (Å²) in [6.07, 6.45) is 0.0996. The molecule has 0 aliphatic heterocycles. The quantitative estimate of drug-likeness (QED) is 0.461. The van der Waals surface area contributed by atoms with Crippen molar-refractivity contribution in [2.45, 2.75) is 45.8 Å². The molecule has 2 aromatic carbocycles.